The van der Waals surface area contributed by atoms with Crippen molar-refractivity contribution in [3.63, 3.8) is 0 Å². The number of hydrogen-bond acceptors (Lipinski definition) is 8. The molecular weight excluding hydrogens is 332 g/mol. The van der Waals surface area contributed by atoms with Gasteiger partial charge < -0.3 is 14.6 Å². The van der Waals surface area contributed by atoms with Gasteiger partial charge in [-0.3, -0.25) is 24.4 Å². The molecule has 2 unspecified atom stereocenters. The van der Waals surface area contributed by atoms with Crippen LogP contribution in [0.1, 0.15) is 13.3 Å². The van der Waals surface area contributed by atoms with Gasteiger partial charge in [-0.05, 0) is 0 Å². The van der Waals surface area contributed by atoms with Gasteiger partial charge in [0.25, 0.3) is 10.1 Å². The second kappa shape index (κ2) is 9.13. The maximum Gasteiger partial charge on any atom is 0.305 e. The predicted octanol–water partition coefficient (Wildman–Crippen LogP) is -1.47. The molecule has 23 heavy (non-hydrogen) atoms. The number of nitrogens with zero attached hydrogens (tertiary/aromatic N) is 1. The third kappa shape index (κ3) is 7.22. The van der Waals surface area contributed by atoms with Gasteiger partial charge >= 0.3 is 11.9 Å². The van der Waals surface area contributed by atoms with Crippen LogP contribution in [0.2, 0.25) is 0 Å². The molecule has 1 rings (SSSR count). The predicted molar refractivity (Wildman–Crippen MR) is 78.4 cm³/mol. The lowest BCUT2D eigenvalue weighted by Crippen LogP contribution is -2.57. The monoisotopic (exact) mass is 354 g/mol. The van der Waals surface area contributed by atoms with Crippen LogP contribution in [0, 0.1) is 0 Å². The lowest BCUT2D eigenvalue weighted by atomic mass is 10.1. The molecule has 1 fully saturated rings. The standard InChI is InChI=1S/C12H22N2O8S/c1-9(15)22-5-2-13-12(23(18,19)20)10(8-11(16)17)14-3-6-21-7-4-14/h10,12-13H,2-8H2,1H3,(H,16,17)(H,18,19,20). The van der Waals surface area contributed by atoms with Crippen LogP contribution in [0.15, 0.2) is 0 Å². The molecule has 0 bridgehead atoms. The molecule has 1 aliphatic rings. The number of aliphatic carboxylic acids is 1. The van der Waals surface area contributed by atoms with Gasteiger partial charge in [0.05, 0.1) is 25.7 Å². The van der Waals surface area contributed by atoms with Gasteiger partial charge in [-0.1, -0.05) is 0 Å². The summed E-state index contributed by atoms with van der Waals surface area (Å²) in [6, 6.07) is -0.969. The summed E-state index contributed by atoms with van der Waals surface area (Å²) in [4.78, 5) is 23.4. The Bertz CT molecular complexity index is 503. The van der Waals surface area contributed by atoms with Crippen LogP contribution in [0.25, 0.3) is 0 Å². The Hall–Kier alpha value is -1.27. The van der Waals surface area contributed by atoms with Gasteiger partial charge in [-0.25, -0.2) is 0 Å². The van der Waals surface area contributed by atoms with Gasteiger partial charge in [-0.15, -0.1) is 0 Å². The minimum Gasteiger partial charge on any atom is -0.481 e. The second-order valence-corrected chi connectivity index (χ2v) is 6.58. The average molecular weight is 354 g/mol. The number of morpholine rings is 1. The fourth-order valence-electron chi connectivity index (χ4n) is 2.35. The fourth-order valence-corrected chi connectivity index (χ4v) is 3.35. The van der Waals surface area contributed by atoms with Crippen LogP contribution in [-0.2, 0) is 29.2 Å². The minimum atomic E-state index is -4.56. The maximum atomic E-state index is 11.7. The highest BCUT2D eigenvalue weighted by Crippen LogP contribution is 2.16. The largest absolute Gasteiger partial charge is 0.481 e. The summed E-state index contributed by atoms with van der Waals surface area (Å²) in [6.45, 7) is 2.49. The fraction of sp³-hybridized carbons (Fsp3) is 0.833. The SMILES string of the molecule is CC(=O)OCCNC(C(CC(=O)O)N1CCOCC1)S(=O)(=O)O. The normalized spacial score (nSPS) is 19.0. The summed E-state index contributed by atoms with van der Waals surface area (Å²) in [5.74, 6) is -1.71. The third-order valence-electron chi connectivity index (χ3n) is 3.32. The number of ether oxygens (including phenoxy) is 2. The third-order valence-corrected chi connectivity index (χ3v) is 4.44. The molecule has 3 N–H and O–H groups in total. The Kier molecular flexibility index (Phi) is 7.85. The van der Waals surface area contributed by atoms with Crippen molar-refractivity contribution in [3.8, 4) is 0 Å². The number of carboxylic acids is 1. The zero-order chi connectivity index (χ0) is 17.5. The number of esters is 1. The summed E-state index contributed by atoms with van der Waals surface area (Å²) >= 11 is 0. The number of rotatable bonds is 9. The molecule has 0 aromatic carbocycles. The average Bonchev–Trinajstić information content (AvgIpc) is 2.44. The highest BCUT2D eigenvalue weighted by atomic mass is 32.2. The topological polar surface area (TPSA) is 142 Å². The van der Waals surface area contributed by atoms with E-state index in [0.29, 0.717) is 26.3 Å². The molecule has 10 nitrogen and oxygen atoms in total. The van der Waals surface area contributed by atoms with Crippen molar-refractivity contribution >= 4 is 22.1 Å². The molecule has 0 spiro atoms. The van der Waals surface area contributed by atoms with E-state index in [2.05, 4.69) is 10.1 Å². The van der Waals surface area contributed by atoms with Gasteiger partial charge in [0.15, 0.2) is 5.37 Å². The molecule has 2 atom stereocenters. The number of nitrogens with one attached hydrogen (secondary N) is 1. The van der Waals surface area contributed by atoms with E-state index >= 15 is 0 Å². The van der Waals surface area contributed by atoms with Crippen LogP contribution < -0.4 is 5.32 Å². The number of carbonyl (C=O) groups excluding carboxylic acids is 1. The highest BCUT2D eigenvalue weighted by molar-refractivity contribution is 7.86. The first-order valence-electron chi connectivity index (χ1n) is 7.08. The first-order chi connectivity index (χ1) is 10.7. The van der Waals surface area contributed by atoms with Crippen molar-refractivity contribution in [1.29, 1.82) is 0 Å². The summed E-state index contributed by atoms with van der Waals surface area (Å²) in [6.07, 6.45) is -0.467. The molecule has 0 amide bonds. The molecule has 0 radical (unpaired) electrons. The van der Waals surface area contributed by atoms with Crippen molar-refractivity contribution in [1.82, 2.24) is 10.2 Å². The van der Waals surface area contributed by atoms with Gasteiger partial charge in [0.2, 0.25) is 0 Å². The summed E-state index contributed by atoms with van der Waals surface area (Å²) in [5.41, 5.74) is 0. The number of carboxylic acid groups (broad SMARTS) is 1. The van der Waals surface area contributed by atoms with Crippen LogP contribution in [0.5, 0.6) is 0 Å². The van der Waals surface area contributed by atoms with E-state index in [1.807, 2.05) is 0 Å². The first kappa shape index (κ1) is 19.8. The van der Waals surface area contributed by atoms with E-state index in [9.17, 15) is 22.6 Å². The zero-order valence-electron chi connectivity index (χ0n) is 12.8. The lowest BCUT2D eigenvalue weighted by molar-refractivity contribution is -0.140. The smallest absolute Gasteiger partial charge is 0.305 e. The molecule has 1 heterocycles. The van der Waals surface area contributed by atoms with Crippen LogP contribution in [0.4, 0.5) is 0 Å². The number of hydrogen-bond donors (Lipinski definition) is 3. The molecule has 11 heteroatoms. The molecule has 0 saturated carbocycles. The lowest BCUT2D eigenvalue weighted by Gasteiger charge is -2.37. The van der Waals surface area contributed by atoms with Gasteiger partial charge in [-0.2, -0.15) is 8.42 Å². The summed E-state index contributed by atoms with van der Waals surface area (Å²) in [7, 11) is -4.56. The molecule has 0 aliphatic carbocycles. The van der Waals surface area contributed by atoms with Crippen molar-refractivity contribution < 1.29 is 37.1 Å². The van der Waals surface area contributed by atoms with E-state index < -0.39 is 39.9 Å². The highest BCUT2D eigenvalue weighted by Gasteiger charge is 2.37. The van der Waals surface area contributed by atoms with Crippen molar-refractivity contribution in [2.75, 3.05) is 39.5 Å². The maximum absolute atomic E-state index is 11.7. The molecule has 0 aromatic heterocycles. The first-order valence-corrected chi connectivity index (χ1v) is 8.58. The molecule has 134 valence electrons. The Morgan fingerprint density at radius 2 is 1.96 bits per heavy atom. The Morgan fingerprint density at radius 3 is 2.43 bits per heavy atom. The zero-order valence-corrected chi connectivity index (χ0v) is 13.6. The van der Waals surface area contributed by atoms with E-state index in [-0.39, 0.29) is 13.2 Å². The molecule has 1 saturated heterocycles. The summed E-state index contributed by atoms with van der Waals surface area (Å²) in [5, 5.41) is 10.1. The molecule has 0 aromatic rings. The Morgan fingerprint density at radius 1 is 1.35 bits per heavy atom. The van der Waals surface area contributed by atoms with E-state index in [0.717, 1.165) is 0 Å². The van der Waals surface area contributed by atoms with Gasteiger partial charge in [0.1, 0.15) is 6.61 Å². The molecular formula is C12H22N2O8S. The molecule has 1 aliphatic heterocycles. The van der Waals surface area contributed by atoms with Crippen LogP contribution >= 0.6 is 0 Å². The van der Waals surface area contributed by atoms with Crippen molar-refractivity contribution in [3.05, 3.63) is 0 Å². The number of carbonyl (C=O) groups is 2. The Balaban J connectivity index is 2.83. The van der Waals surface area contributed by atoms with E-state index in [1.165, 1.54) is 6.92 Å². The van der Waals surface area contributed by atoms with Crippen LogP contribution in [0.3, 0.4) is 0 Å². The van der Waals surface area contributed by atoms with Crippen molar-refractivity contribution in [2.24, 2.45) is 0 Å². The van der Waals surface area contributed by atoms with Crippen molar-refractivity contribution in [2.45, 2.75) is 24.8 Å². The summed E-state index contributed by atoms with van der Waals surface area (Å²) < 4.78 is 42.6. The van der Waals surface area contributed by atoms with Gasteiger partial charge in [0, 0.05) is 26.6 Å². The second-order valence-electron chi connectivity index (χ2n) is 5.04. The Labute approximate surface area is 134 Å². The quantitative estimate of drug-likeness (QED) is 0.255. The van der Waals surface area contributed by atoms with E-state index in [4.69, 9.17) is 9.84 Å². The van der Waals surface area contributed by atoms with Crippen LogP contribution in [-0.4, -0.2) is 85.8 Å². The minimum absolute atomic E-state index is 0.0372. The van der Waals surface area contributed by atoms with E-state index in [1.54, 1.807) is 4.90 Å².